The lowest BCUT2D eigenvalue weighted by Crippen LogP contribution is -2.68. The number of carbonyl (C=O) groups is 1. The lowest BCUT2D eigenvalue weighted by atomic mass is 9.73. The third-order valence-corrected chi connectivity index (χ3v) is 6.49. The van der Waals surface area contributed by atoms with Crippen molar-refractivity contribution < 1.29 is 40.6 Å². The number of benzene rings is 1. The van der Waals surface area contributed by atoms with E-state index in [4.69, 9.17) is 9.47 Å². The lowest BCUT2D eigenvalue weighted by Gasteiger charge is -2.47. The highest BCUT2D eigenvalue weighted by Gasteiger charge is 2.57. The van der Waals surface area contributed by atoms with E-state index >= 15 is 0 Å². The summed E-state index contributed by atoms with van der Waals surface area (Å²) in [5, 5.41) is 6.15. The number of piperidine rings is 1. The average Bonchev–Trinajstić information content (AvgIpc) is 2.88. The average molecular weight is 468 g/mol. The number of ether oxygens (including phenoxy) is 2. The molecule has 0 aliphatic carbocycles. The highest BCUT2D eigenvalue weighted by Crippen LogP contribution is 2.41. The first kappa shape index (κ1) is 24.6. The molecule has 1 unspecified atom stereocenters. The zero-order valence-corrected chi connectivity index (χ0v) is 18.1. The van der Waals surface area contributed by atoms with Crippen LogP contribution in [0.15, 0.2) is 18.2 Å². The third-order valence-electron chi connectivity index (χ3n) is 6.49. The molecule has 1 spiro atoms. The Hall–Kier alpha value is -2.01. The summed E-state index contributed by atoms with van der Waals surface area (Å²) in [6, 6.07) is 1.46. The van der Waals surface area contributed by atoms with Gasteiger partial charge in [0.1, 0.15) is 5.60 Å². The highest BCUT2D eigenvalue weighted by molar-refractivity contribution is 5.72. The number of amides is 1. The van der Waals surface area contributed by atoms with E-state index in [1.54, 1.807) is 13.8 Å². The van der Waals surface area contributed by atoms with E-state index in [9.17, 15) is 31.1 Å². The molecule has 0 bridgehead atoms. The molecule has 0 radical (unpaired) electrons. The zero-order valence-electron chi connectivity index (χ0n) is 18.1. The lowest BCUT2D eigenvalue weighted by molar-refractivity contribution is -0.143. The summed E-state index contributed by atoms with van der Waals surface area (Å²) in [5.41, 5.74) is -4.89. The van der Waals surface area contributed by atoms with Crippen LogP contribution in [0.25, 0.3) is 0 Å². The Bertz CT molecular complexity index is 841. The van der Waals surface area contributed by atoms with Crippen LogP contribution >= 0.6 is 0 Å². The number of hydrogen-bond donors (Lipinski definition) is 2. The molecule has 2 heterocycles. The normalized spacial score (nSPS) is 29.0. The Kier molecular flexibility index (Phi) is 6.00. The summed E-state index contributed by atoms with van der Waals surface area (Å²) in [4.78, 5) is 11.7. The fraction of sp³-hybridized carbons (Fsp3) is 0.667. The second-order valence-corrected chi connectivity index (χ2v) is 9.31. The molecule has 2 aliphatic rings. The van der Waals surface area contributed by atoms with Gasteiger partial charge in [0.2, 0.25) is 0 Å². The van der Waals surface area contributed by atoms with Crippen molar-refractivity contribution >= 4 is 6.09 Å². The van der Waals surface area contributed by atoms with Gasteiger partial charge in [-0.3, -0.25) is 0 Å². The summed E-state index contributed by atoms with van der Waals surface area (Å²) in [6.07, 6.45) is -10.2. The van der Waals surface area contributed by atoms with E-state index in [0.717, 1.165) is 0 Å². The zero-order chi connectivity index (χ0) is 24.2. The largest absolute Gasteiger partial charge is 0.441 e. The maximum absolute atomic E-state index is 13.1. The predicted octanol–water partition coefficient (Wildman–Crippen LogP) is 5.20. The van der Waals surface area contributed by atoms with E-state index in [1.165, 1.54) is 6.92 Å². The molecule has 32 heavy (non-hydrogen) atoms. The summed E-state index contributed by atoms with van der Waals surface area (Å²) in [7, 11) is 0. The number of halogens is 6. The fourth-order valence-corrected chi connectivity index (χ4v) is 4.09. The van der Waals surface area contributed by atoms with Crippen LogP contribution in [0.1, 0.15) is 63.3 Å². The molecule has 1 aromatic carbocycles. The van der Waals surface area contributed by atoms with Crippen LogP contribution in [0.3, 0.4) is 0 Å². The molecule has 3 atom stereocenters. The molecule has 2 aliphatic heterocycles. The number of alkyl halides is 6. The molecule has 0 saturated carbocycles. The van der Waals surface area contributed by atoms with Crippen LogP contribution in [0.5, 0.6) is 0 Å². The number of nitrogens with one attached hydrogen (secondary N) is 2. The van der Waals surface area contributed by atoms with Gasteiger partial charge < -0.3 is 20.1 Å². The second kappa shape index (κ2) is 7.79. The fourth-order valence-electron chi connectivity index (χ4n) is 4.09. The molecule has 2 N–H and O–H groups in total. The minimum Gasteiger partial charge on any atom is -0.441 e. The summed E-state index contributed by atoms with van der Waals surface area (Å²) >= 11 is 0. The van der Waals surface area contributed by atoms with E-state index in [0.29, 0.717) is 31.5 Å². The van der Waals surface area contributed by atoms with Crippen LogP contribution in [0.4, 0.5) is 31.1 Å². The predicted molar refractivity (Wildman–Crippen MR) is 103 cm³/mol. The standard InChI is InChI=1S/C21H26F6N2O3/c1-12(13-7-14(20(22,23)24)9-15(8-13)21(25,26)27)31-11-18(4)5-6-19(10-28-18)17(2,3)32-16(30)29-19/h7-9,12,28H,5-6,10-11H2,1-4H3,(H,29,30)/t12-,18-,19?/m1/s1. The Morgan fingerprint density at radius 1 is 1.03 bits per heavy atom. The highest BCUT2D eigenvalue weighted by atomic mass is 19.4. The minimum atomic E-state index is -4.92. The van der Waals surface area contributed by atoms with Crippen molar-refractivity contribution in [1.29, 1.82) is 0 Å². The van der Waals surface area contributed by atoms with Gasteiger partial charge in [0.25, 0.3) is 0 Å². The van der Waals surface area contributed by atoms with Crippen molar-refractivity contribution in [3.63, 3.8) is 0 Å². The molecule has 11 heteroatoms. The smallest absolute Gasteiger partial charge is 0.416 e. The number of carbonyl (C=O) groups excluding carboxylic acids is 1. The van der Waals surface area contributed by atoms with Crippen molar-refractivity contribution in [2.24, 2.45) is 0 Å². The van der Waals surface area contributed by atoms with E-state index in [1.807, 2.05) is 6.92 Å². The number of cyclic esters (lactones) is 1. The summed E-state index contributed by atoms with van der Waals surface area (Å²) in [6.45, 7) is 7.31. The van der Waals surface area contributed by atoms with Crippen LogP contribution in [0.2, 0.25) is 0 Å². The van der Waals surface area contributed by atoms with E-state index in [-0.39, 0.29) is 18.2 Å². The first-order valence-corrected chi connectivity index (χ1v) is 10.1. The van der Waals surface area contributed by atoms with Crippen LogP contribution in [0, 0.1) is 0 Å². The van der Waals surface area contributed by atoms with Crippen LogP contribution in [-0.4, -0.2) is 35.9 Å². The van der Waals surface area contributed by atoms with Crippen molar-refractivity contribution in [1.82, 2.24) is 10.6 Å². The molecule has 1 amide bonds. The van der Waals surface area contributed by atoms with Crippen LogP contribution in [-0.2, 0) is 21.8 Å². The SMILES string of the molecule is C[C@@H](OC[C@@]1(C)CCC2(CN1)NC(=O)OC2(C)C)c1cc(C(F)(F)F)cc(C(F)(F)F)c1. The van der Waals surface area contributed by atoms with Gasteiger partial charge in [0.05, 0.1) is 29.4 Å². The molecule has 180 valence electrons. The van der Waals surface area contributed by atoms with Gasteiger partial charge in [-0.1, -0.05) is 0 Å². The Morgan fingerprint density at radius 2 is 1.59 bits per heavy atom. The molecular weight excluding hydrogens is 442 g/mol. The Morgan fingerprint density at radius 3 is 2.00 bits per heavy atom. The molecular formula is C21H26F6N2O3. The Labute approximate surface area is 181 Å². The quantitative estimate of drug-likeness (QED) is 0.597. The minimum absolute atomic E-state index is 0.0527. The van der Waals surface area contributed by atoms with Gasteiger partial charge in [-0.25, -0.2) is 4.79 Å². The maximum Gasteiger partial charge on any atom is 0.416 e. The van der Waals surface area contributed by atoms with Crippen LogP contribution < -0.4 is 10.6 Å². The van der Waals surface area contributed by atoms with Gasteiger partial charge in [-0.05, 0) is 64.3 Å². The van der Waals surface area contributed by atoms with Crippen molar-refractivity contribution in [2.45, 2.75) is 75.7 Å². The topological polar surface area (TPSA) is 59.6 Å². The number of alkyl carbamates (subject to hydrolysis) is 1. The number of hydrogen-bond acceptors (Lipinski definition) is 4. The first-order chi connectivity index (χ1) is 14.5. The van der Waals surface area contributed by atoms with Crippen molar-refractivity contribution in [3.8, 4) is 0 Å². The third kappa shape index (κ3) is 4.83. The first-order valence-electron chi connectivity index (χ1n) is 10.1. The molecule has 5 nitrogen and oxygen atoms in total. The monoisotopic (exact) mass is 468 g/mol. The molecule has 3 rings (SSSR count). The van der Waals surface area contributed by atoms with Gasteiger partial charge in [-0.15, -0.1) is 0 Å². The van der Waals surface area contributed by atoms with Gasteiger partial charge in [-0.2, -0.15) is 26.3 Å². The van der Waals surface area contributed by atoms with E-state index < -0.39 is 52.4 Å². The molecule has 0 aromatic heterocycles. The summed E-state index contributed by atoms with van der Waals surface area (Å²) in [5.74, 6) is 0. The van der Waals surface area contributed by atoms with Gasteiger partial charge in [0.15, 0.2) is 0 Å². The second-order valence-electron chi connectivity index (χ2n) is 9.31. The molecule has 1 aromatic rings. The Balaban J connectivity index is 1.71. The summed E-state index contributed by atoms with van der Waals surface area (Å²) < 4.78 is 89.7. The maximum atomic E-state index is 13.1. The van der Waals surface area contributed by atoms with Crippen molar-refractivity contribution in [3.05, 3.63) is 34.9 Å². The van der Waals surface area contributed by atoms with E-state index in [2.05, 4.69) is 10.6 Å². The molecule has 2 fully saturated rings. The van der Waals surface area contributed by atoms with Gasteiger partial charge in [0, 0.05) is 12.1 Å². The van der Waals surface area contributed by atoms with Gasteiger partial charge >= 0.3 is 18.4 Å². The number of rotatable bonds is 4. The molecule has 2 saturated heterocycles. The van der Waals surface area contributed by atoms with Crippen molar-refractivity contribution in [2.75, 3.05) is 13.2 Å².